The molecule has 150 valence electrons. The van der Waals surface area contributed by atoms with E-state index in [1.54, 1.807) is 11.8 Å². The lowest BCUT2D eigenvalue weighted by atomic mass is 10.2. The molecule has 1 aliphatic heterocycles. The second-order valence-electron chi connectivity index (χ2n) is 6.59. The molecule has 1 aromatic heterocycles. The van der Waals surface area contributed by atoms with Crippen molar-refractivity contribution in [1.29, 1.82) is 0 Å². The van der Waals surface area contributed by atoms with Crippen LogP contribution in [0.5, 0.6) is 5.75 Å². The molecular weight excluding hydrogens is 406 g/mol. The maximum absolute atomic E-state index is 13.0. The van der Waals surface area contributed by atoms with Crippen molar-refractivity contribution in [1.82, 2.24) is 20.2 Å². The van der Waals surface area contributed by atoms with Crippen molar-refractivity contribution in [3.05, 3.63) is 48.5 Å². The summed E-state index contributed by atoms with van der Waals surface area (Å²) in [6, 6.07) is 15.6. The van der Waals surface area contributed by atoms with E-state index in [2.05, 4.69) is 28.5 Å². The SMILES string of the molecule is COc1ccc(-n2nnnc2SCC(=O)N2CC[C@H](C)Sc3ccccc32)cc1. The lowest BCUT2D eigenvalue weighted by Gasteiger charge is -2.22. The minimum absolute atomic E-state index is 0.0569. The molecule has 3 aromatic rings. The van der Waals surface area contributed by atoms with Crippen LogP contribution < -0.4 is 9.64 Å². The van der Waals surface area contributed by atoms with Crippen LogP contribution in [0.25, 0.3) is 5.69 Å². The van der Waals surface area contributed by atoms with Crippen molar-refractivity contribution >= 4 is 35.1 Å². The van der Waals surface area contributed by atoms with Gasteiger partial charge < -0.3 is 9.64 Å². The van der Waals surface area contributed by atoms with E-state index >= 15 is 0 Å². The molecule has 0 spiro atoms. The van der Waals surface area contributed by atoms with Crippen LogP contribution in [0.2, 0.25) is 0 Å². The lowest BCUT2D eigenvalue weighted by molar-refractivity contribution is -0.116. The quantitative estimate of drug-likeness (QED) is 0.575. The van der Waals surface area contributed by atoms with Gasteiger partial charge in [-0.15, -0.1) is 16.9 Å². The Labute approximate surface area is 177 Å². The number of tetrazole rings is 1. The van der Waals surface area contributed by atoms with E-state index < -0.39 is 0 Å². The highest BCUT2D eigenvalue weighted by molar-refractivity contribution is 8.00. The van der Waals surface area contributed by atoms with Crippen molar-refractivity contribution in [2.24, 2.45) is 0 Å². The fourth-order valence-corrected chi connectivity index (χ4v) is 4.98. The fraction of sp³-hybridized carbons (Fsp3) is 0.300. The van der Waals surface area contributed by atoms with E-state index in [0.29, 0.717) is 17.0 Å². The Morgan fingerprint density at radius 2 is 2.03 bits per heavy atom. The summed E-state index contributed by atoms with van der Waals surface area (Å²) in [6.07, 6.45) is 0.958. The number of benzene rings is 2. The van der Waals surface area contributed by atoms with Gasteiger partial charge in [0, 0.05) is 16.7 Å². The Morgan fingerprint density at radius 1 is 1.24 bits per heavy atom. The van der Waals surface area contributed by atoms with E-state index in [1.165, 1.54) is 11.8 Å². The van der Waals surface area contributed by atoms with Gasteiger partial charge in [0.2, 0.25) is 11.1 Å². The monoisotopic (exact) mass is 427 g/mol. The van der Waals surface area contributed by atoms with Crippen LogP contribution in [0.4, 0.5) is 5.69 Å². The molecule has 0 N–H and O–H groups in total. The van der Waals surface area contributed by atoms with Crippen molar-refractivity contribution in [3.8, 4) is 11.4 Å². The van der Waals surface area contributed by atoms with Crippen molar-refractivity contribution in [2.75, 3.05) is 24.3 Å². The number of methoxy groups -OCH3 is 1. The Morgan fingerprint density at radius 3 is 2.83 bits per heavy atom. The molecule has 29 heavy (non-hydrogen) atoms. The molecule has 0 fully saturated rings. The van der Waals surface area contributed by atoms with Gasteiger partial charge in [-0.2, -0.15) is 4.68 Å². The number of carbonyl (C=O) groups excluding carboxylic acids is 1. The molecule has 0 unspecified atom stereocenters. The number of para-hydroxylation sites is 1. The second-order valence-corrected chi connectivity index (χ2v) is 9.01. The summed E-state index contributed by atoms with van der Waals surface area (Å²) < 4.78 is 6.82. The van der Waals surface area contributed by atoms with Gasteiger partial charge >= 0.3 is 0 Å². The minimum Gasteiger partial charge on any atom is -0.497 e. The van der Waals surface area contributed by atoms with Gasteiger partial charge in [0.15, 0.2) is 0 Å². The van der Waals surface area contributed by atoms with E-state index in [9.17, 15) is 4.79 Å². The summed E-state index contributed by atoms with van der Waals surface area (Å²) in [5, 5.41) is 13.0. The largest absolute Gasteiger partial charge is 0.497 e. The standard InChI is InChI=1S/C20H21N5O2S2/c1-14-11-12-24(17-5-3-4-6-18(17)29-14)19(26)13-28-20-21-22-23-25(20)15-7-9-16(27-2)10-8-15/h3-10,14H,11-13H2,1-2H3/t14-/m0/s1. The zero-order valence-corrected chi connectivity index (χ0v) is 17.8. The highest BCUT2D eigenvalue weighted by atomic mass is 32.2. The van der Waals surface area contributed by atoms with Crippen LogP contribution >= 0.6 is 23.5 Å². The molecule has 4 rings (SSSR count). The van der Waals surface area contributed by atoms with Crippen LogP contribution in [0.1, 0.15) is 13.3 Å². The number of thioether (sulfide) groups is 2. The minimum atomic E-state index is 0.0569. The molecule has 0 saturated heterocycles. The number of ether oxygens (including phenoxy) is 1. The topological polar surface area (TPSA) is 73.1 Å². The van der Waals surface area contributed by atoms with Gasteiger partial charge in [0.1, 0.15) is 5.75 Å². The summed E-state index contributed by atoms with van der Waals surface area (Å²) in [6.45, 7) is 2.92. The smallest absolute Gasteiger partial charge is 0.237 e. The maximum atomic E-state index is 13.0. The average Bonchev–Trinajstić information content (AvgIpc) is 3.15. The van der Waals surface area contributed by atoms with Crippen LogP contribution in [0, 0.1) is 0 Å². The van der Waals surface area contributed by atoms with Crippen LogP contribution in [0.15, 0.2) is 58.6 Å². The number of rotatable bonds is 5. The molecule has 0 radical (unpaired) electrons. The van der Waals surface area contributed by atoms with E-state index in [4.69, 9.17) is 4.74 Å². The molecule has 1 amide bonds. The number of fused-ring (bicyclic) bond motifs is 1. The molecule has 7 nitrogen and oxygen atoms in total. The normalized spacial score (nSPS) is 16.2. The first-order valence-corrected chi connectivity index (χ1v) is 11.1. The third-order valence-electron chi connectivity index (χ3n) is 4.63. The molecule has 9 heteroatoms. The molecule has 2 aromatic carbocycles. The Bertz CT molecular complexity index is 993. The van der Waals surface area contributed by atoms with Gasteiger partial charge in [-0.05, 0) is 53.2 Å². The third kappa shape index (κ3) is 4.40. The first-order chi connectivity index (χ1) is 14.2. The fourth-order valence-electron chi connectivity index (χ4n) is 3.10. The molecule has 2 heterocycles. The highest BCUT2D eigenvalue weighted by Gasteiger charge is 2.24. The highest BCUT2D eigenvalue weighted by Crippen LogP contribution is 2.37. The van der Waals surface area contributed by atoms with Gasteiger partial charge in [-0.1, -0.05) is 30.8 Å². The first-order valence-electron chi connectivity index (χ1n) is 9.27. The van der Waals surface area contributed by atoms with Crippen molar-refractivity contribution in [2.45, 2.75) is 28.6 Å². The van der Waals surface area contributed by atoms with E-state index in [1.807, 2.05) is 59.1 Å². The number of carbonyl (C=O) groups is 1. The van der Waals surface area contributed by atoms with Gasteiger partial charge in [0.05, 0.1) is 24.2 Å². The lowest BCUT2D eigenvalue weighted by Crippen LogP contribution is -2.33. The number of nitrogens with zero attached hydrogens (tertiary/aromatic N) is 5. The number of anilines is 1. The molecule has 0 bridgehead atoms. The Hall–Kier alpha value is -2.52. The van der Waals surface area contributed by atoms with Crippen molar-refractivity contribution in [3.63, 3.8) is 0 Å². The predicted molar refractivity (Wildman–Crippen MR) is 115 cm³/mol. The van der Waals surface area contributed by atoms with Crippen LogP contribution in [-0.4, -0.2) is 50.8 Å². The first kappa shape index (κ1) is 19.8. The molecule has 1 atom stereocenters. The summed E-state index contributed by atoms with van der Waals surface area (Å²) in [4.78, 5) is 16.1. The van der Waals surface area contributed by atoms with E-state index in [0.717, 1.165) is 28.4 Å². The Kier molecular flexibility index (Phi) is 6.05. The molecule has 0 saturated carbocycles. The maximum Gasteiger partial charge on any atom is 0.237 e. The van der Waals surface area contributed by atoms with Crippen molar-refractivity contribution < 1.29 is 9.53 Å². The number of amides is 1. The summed E-state index contributed by atoms with van der Waals surface area (Å²) in [5.41, 5.74) is 1.80. The van der Waals surface area contributed by atoms with Crippen LogP contribution in [-0.2, 0) is 4.79 Å². The molecule has 0 aliphatic carbocycles. The number of hydrogen-bond acceptors (Lipinski definition) is 7. The van der Waals surface area contributed by atoms with Gasteiger partial charge in [-0.25, -0.2) is 0 Å². The van der Waals surface area contributed by atoms with Gasteiger partial charge in [0.25, 0.3) is 0 Å². The summed E-state index contributed by atoms with van der Waals surface area (Å²) in [7, 11) is 1.62. The predicted octanol–water partition coefficient (Wildman–Crippen LogP) is 3.68. The third-order valence-corrected chi connectivity index (χ3v) is 6.77. The summed E-state index contributed by atoms with van der Waals surface area (Å²) in [5.74, 6) is 1.09. The summed E-state index contributed by atoms with van der Waals surface area (Å²) >= 11 is 3.17. The van der Waals surface area contributed by atoms with Gasteiger partial charge in [-0.3, -0.25) is 4.79 Å². The second kappa shape index (κ2) is 8.87. The zero-order valence-electron chi connectivity index (χ0n) is 16.2. The van der Waals surface area contributed by atoms with E-state index in [-0.39, 0.29) is 11.7 Å². The molecule has 1 aliphatic rings. The molecular formula is C20H21N5O2S2. The Balaban J connectivity index is 1.49. The zero-order chi connectivity index (χ0) is 20.2. The number of aromatic nitrogens is 4. The van der Waals surface area contributed by atoms with Crippen LogP contribution in [0.3, 0.4) is 0 Å². The average molecular weight is 428 g/mol. The number of hydrogen-bond donors (Lipinski definition) is 0.